The molecule has 4 rings (SSSR count). The molecule has 1 aliphatic heterocycles. The SMILES string of the molecule is COc1ccc(/C=C2/Oc3cc(OCC(=O)N[C@@H](Cc4ccccc4)C(=O)O)ccc3C2=O)cc1. The van der Waals surface area contributed by atoms with Gasteiger partial charge in [-0.2, -0.15) is 0 Å². The molecular weight excluding hydrogens is 450 g/mol. The van der Waals surface area contributed by atoms with Crippen LogP contribution in [0.1, 0.15) is 21.5 Å². The Morgan fingerprint density at radius 1 is 1.03 bits per heavy atom. The van der Waals surface area contributed by atoms with E-state index in [2.05, 4.69) is 5.32 Å². The fourth-order valence-corrected chi connectivity index (χ4v) is 3.54. The molecule has 0 saturated heterocycles. The molecule has 1 amide bonds. The highest BCUT2D eigenvalue weighted by Crippen LogP contribution is 2.35. The van der Waals surface area contributed by atoms with Crippen LogP contribution in [-0.4, -0.2) is 42.5 Å². The Bertz CT molecular complexity index is 1270. The first kappa shape index (κ1) is 23.6. The number of carbonyl (C=O) groups is 3. The topological polar surface area (TPSA) is 111 Å². The third-order valence-corrected chi connectivity index (χ3v) is 5.34. The van der Waals surface area contributed by atoms with Gasteiger partial charge in [0.25, 0.3) is 5.91 Å². The van der Waals surface area contributed by atoms with E-state index in [4.69, 9.17) is 14.2 Å². The van der Waals surface area contributed by atoms with E-state index in [0.29, 0.717) is 22.8 Å². The molecular formula is C27H23NO7. The number of methoxy groups -OCH3 is 1. The maximum absolute atomic E-state index is 12.7. The number of amides is 1. The number of hydrogen-bond donors (Lipinski definition) is 2. The van der Waals surface area contributed by atoms with Crippen molar-refractivity contribution in [2.75, 3.05) is 13.7 Å². The lowest BCUT2D eigenvalue weighted by atomic mass is 10.1. The predicted octanol–water partition coefficient (Wildman–Crippen LogP) is 3.50. The molecule has 1 atom stereocenters. The van der Waals surface area contributed by atoms with Crippen molar-refractivity contribution in [1.82, 2.24) is 5.32 Å². The van der Waals surface area contributed by atoms with Gasteiger partial charge in [0.2, 0.25) is 5.78 Å². The van der Waals surface area contributed by atoms with Crippen molar-refractivity contribution < 1.29 is 33.7 Å². The zero-order valence-electron chi connectivity index (χ0n) is 18.9. The molecule has 8 nitrogen and oxygen atoms in total. The van der Waals surface area contributed by atoms with Crippen LogP contribution in [0, 0.1) is 0 Å². The monoisotopic (exact) mass is 473 g/mol. The van der Waals surface area contributed by atoms with Crippen LogP contribution in [0.25, 0.3) is 6.08 Å². The van der Waals surface area contributed by atoms with Gasteiger partial charge in [0.05, 0.1) is 12.7 Å². The Labute approximate surface area is 201 Å². The number of allylic oxidation sites excluding steroid dienone is 1. The summed E-state index contributed by atoms with van der Waals surface area (Å²) in [6.45, 7) is -0.389. The molecule has 0 saturated carbocycles. The third-order valence-electron chi connectivity index (χ3n) is 5.34. The summed E-state index contributed by atoms with van der Waals surface area (Å²) in [7, 11) is 1.58. The normalized spacial score (nSPS) is 14.1. The van der Waals surface area contributed by atoms with Gasteiger partial charge in [0, 0.05) is 12.5 Å². The molecule has 1 heterocycles. The van der Waals surface area contributed by atoms with Crippen molar-refractivity contribution in [1.29, 1.82) is 0 Å². The summed E-state index contributed by atoms with van der Waals surface area (Å²) in [5, 5.41) is 11.9. The maximum atomic E-state index is 12.7. The summed E-state index contributed by atoms with van der Waals surface area (Å²) < 4.78 is 16.4. The van der Waals surface area contributed by atoms with Crippen LogP contribution in [0.2, 0.25) is 0 Å². The molecule has 0 aliphatic carbocycles. The van der Waals surface area contributed by atoms with Gasteiger partial charge in [-0.3, -0.25) is 9.59 Å². The van der Waals surface area contributed by atoms with Crippen LogP contribution in [0.3, 0.4) is 0 Å². The minimum absolute atomic E-state index is 0.153. The number of carboxylic acid groups (broad SMARTS) is 1. The van der Waals surface area contributed by atoms with Gasteiger partial charge in [-0.25, -0.2) is 4.79 Å². The molecule has 0 aromatic heterocycles. The van der Waals surface area contributed by atoms with Gasteiger partial charge in [-0.15, -0.1) is 0 Å². The number of nitrogens with one attached hydrogen (secondary N) is 1. The quantitative estimate of drug-likeness (QED) is 0.458. The summed E-state index contributed by atoms with van der Waals surface area (Å²) in [5.41, 5.74) is 1.95. The van der Waals surface area contributed by atoms with Gasteiger partial charge in [-0.1, -0.05) is 42.5 Å². The molecule has 0 unspecified atom stereocenters. The Morgan fingerprint density at radius 2 is 1.74 bits per heavy atom. The third kappa shape index (κ3) is 5.86. The van der Waals surface area contributed by atoms with Crippen LogP contribution in [0.4, 0.5) is 0 Å². The van der Waals surface area contributed by atoms with E-state index in [1.165, 1.54) is 6.07 Å². The number of ketones is 1. The van der Waals surface area contributed by atoms with E-state index in [1.54, 1.807) is 73.8 Å². The second-order valence-electron chi connectivity index (χ2n) is 7.81. The molecule has 0 radical (unpaired) electrons. The first-order valence-corrected chi connectivity index (χ1v) is 10.8. The summed E-state index contributed by atoms with van der Waals surface area (Å²) in [6, 6.07) is 19.8. The Balaban J connectivity index is 1.36. The number of aliphatic carboxylic acids is 1. The number of Topliss-reactive ketones (excluding diaryl/α,β-unsaturated/α-hetero) is 1. The first-order chi connectivity index (χ1) is 16.9. The number of benzene rings is 3. The fourth-order valence-electron chi connectivity index (χ4n) is 3.54. The van der Waals surface area contributed by atoms with Gasteiger partial charge in [0.1, 0.15) is 23.3 Å². The molecule has 2 N–H and O–H groups in total. The molecule has 3 aromatic rings. The second kappa shape index (κ2) is 10.6. The van der Waals surface area contributed by atoms with Crippen molar-refractivity contribution in [2.24, 2.45) is 0 Å². The maximum Gasteiger partial charge on any atom is 0.326 e. The molecule has 0 fully saturated rings. The van der Waals surface area contributed by atoms with Crippen molar-refractivity contribution >= 4 is 23.7 Å². The molecule has 3 aromatic carbocycles. The molecule has 0 spiro atoms. The largest absolute Gasteiger partial charge is 0.497 e. The standard InChI is InChI=1S/C27H23NO7/c1-33-19-9-7-18(8-10-19)14-24-26(30)21-12-11-20(15-23(21)35-24)34-16-25(29)28-22(27(31)32)13-17-5-3-2-4-6-17/h2-12,14-15,22H,13,16H2,1H3,(H,28,29)(H,31,32)/b24-14+/t22-/m0/s1. The highest BCUT2D eigenvalue weighted by molar-refractivity contribution is 6.14. The van der Waals surface area contributed by atoms with E-state index >= 15 is 0 Å². The highest BCUT2D eigenvalue weighted by Gasteiger charge is 2.28. The van der Waals surface area contributed by atoms with Gasteiger partial charge in [0.15, 0.2) is 12.4 Å². The van der Waals surface area contributed by atoms with Gasteiger partial charge in [-0.05, 0) is 41.5 Å². The lowest BCUT2D eigenvalue weighted by molar-refractivity contribution is -0.142. The summed E-state index contributed by atoms with van der Waals surface area (Å²) in [5.74, 6) is -0.466. The number of fused-ring (bicyclic) bond motifs is 1. The van der Waals surface area contributed by atoms with Crippen LogP contribution < -0.4 is 19.5 Å². The fraction of sp³-hybridized carbons (Fsp3) is 0.148. The predicted molar refractivity (Wildman–Crippen MR) is 128 cm³/mol. The van der Waals surface area contributed by atoms with Crippen LogP contribution in [-0.2, 0) is 16.0 Å². The highest BCUT2D eigenvalue weighted by atomic mass is 16.5. The van der Waals surface area contributed by atoms with E-state index in [1.807, 2.05) is 6.07 Å². The Kier molecular flexibility index (Phi) is 7.11. The minimum atomic E-state index is -1.14. The van der Waals surface area contributed by atoms with Crippen molar-refractivity contribution in [3.8, 4) is 17.2 Å². The summed E-state index contributed by atoms with van der Waals surface area (Å²) in [6.07, 6.45) is 1.79. The first-order valence-electron chi connectivity index (χ1n) is 10.8. The number of rotatable bonds is 9. The smallest absolute Gasteiger partial charge is 0.326 e. The summed E-state index contributed by atoms with van der Waals surface area (Å²) in [4.78, 5) is 36.5. The average Bonchev–Trinajstić information content (AvgIpc) is 3.17. The van der Waals surface area contributed by atoms with E-state index in [-0.39, 0.29) is 24.6 Å². The Hall–Kier alpha value is -4.59. The molecule has 35 heavy (non-hydrogen) atoms. The van der Waals surface area contributed by atoms with Crippen molar-refractivity contribution in [3.63, 3.8) is 0 Å². The van der Waals surface area contributed by atoms with Crippen molar-refractivity contribution in [2.45, 2.75) is 12.5 Å². The summed E-state index contributed by atoms with van der Waals surface area (Å²) >= 11 is 0. The lowest BCUT2D eigenvalue weighted by Gasteiger charge is -2.15. The van der Waals surface area contributed by atoms with Crippen LogP contribution >= 0.6 is 0 Å². The van der Waals surface area contributed by atoms with Gasteiger partial charge < -0.3 is 24.6 Å². The van der Waals surface area contributed by atoms with E-state index in [0.717, 1.165) is 11.1 Å². The minimum Gasteiger partial charge on any atom is -0.497 e. The van der Waals surface area contributed by atoms with E-state index < -0.39 is 17.9 Å². The molecule has 1 aliphatic rings. The second-order valence-corrected chi connectivity index (χ2v) is 7.81. The molecule has 8 heteroatoms. The molecule has 178 valence electrons. The van der Waals surface area contributed by atoms with Crippen LogP contribution in [0.15, 0.2) is 78.6 Å². The van der Waals surface area contributed by atoms with Crippen LogP contribution in [0.5, 0.6) is 17.2 Å². The number of hydrogen-bond acceptors (Lipinski definition) is 6. The zero-order chi connectivity index (χ0) is 24.8. The Morgan fingerprint density at radius 3 is 2.43 bits per heavy atom. The number of ether oxygens (including phenoxy) is 3. The van der Waals surface area contributed by atoms with Crippen molar-refractivity contribution in [3.05, 3.63) is 95.2 Å². The van der Waals surface area contributed by atoms with Gasteiger partial charge >= 0.3 is 5.97 Å². The lowest BCUT2D eigenvalue weighted by Crippen LogP contribution is -2.44. The van der Waals surface area contributed by atoms with E-state index in [9.17, 15) is 19.5 Å². The zero-order valence-corrected chi connectivity index (χ0v) is 18.9. The average molecular weight is 473 g/mol. The molecule has 0 bridgehead atoms. The number of carboxylic acids is 1. The number of carbonyl (C=O) groups excluding carboxylic acids is 2.